The lowest BCUT2D eigenvalue weighted by molar-refractivity contribution is 0.865. The average Bonchev–Trinajstić information content (AvgIpc) is 2.52. The Morgan fingerprint density at radius 1 is 0.762 bits per heavy atom. The van der Waals surface area contributed by atoms with Crippen LogP contribution in [0.2, 0.25) is 0 Å². The third-order valence-corrected chi connectivity index (χ3v) is 3.14. The SMILES string of the molecule is CC.CC.Cc1cccc(Cc2ccc(C(C)C)cc2)c1. The van der Waals surface area contributed by atoms with Crippen molar-refractivity contribution in [1.29, 1.82) is 0 Å². The molecule has 0 unspecified atom stereocenters. The van der Waals surface area contributed by atoms with E-state index in [4.69, 9.17) is 0 Å². The first-order valence-corrected chi connectivity index (χ1v) is 8.29. The van der Waals surface area contributed by atoms with E-state index in [1.54, 1.807) is 0 Å². The highest BCUT2D eigenvalue weighted by Gasteiger charge is 2.00. The van der Waals surface area contributed by atoms with Crippen molar-refractivity contribution in [2.45, 2.75) is 60.8 Å². The zero-order valence-electron chi connectivity index (χ0n) is 14.9. The lowest BCUT2D eigenvalue weighted by Gasteiger charge is -2.07. The van der Waals surface area contributed by atoms with E-state index in [-0.39, 0.29) is 0 Å². The largest absolute Gasteiger partial charge is 0.0683 e. The minimum Gasteiger partial charge on any atom is -0.0683 e. The molecule has 0 aliphatic carbocycles. The van der Waals surface area contributed by atoms with Gasteiger partial charge in [0.2, 0.25) is 0 Å². The van der Waals surface area contributed by atoms with Crippen LogP contribution in [0.1, 0.15) is 69.7 Å². The van der Waals surface area contributed by atoms with Crippen molar-refractivity contribution >= 4 is 0 Å². The van der Waals surface area contributed by atoms with Gasteiger partial charge in [-0.05, 0) is 36.0 Å². The quantitative estimate of drug-likeness (QED) is 0.584. The highest BCUT2D eigenvalue weighted by Crippen LogP contribution is 2.17. The van der Waals surface area contributed by atoms with Gasteiger partial charge in [0, 0.05) is 0 Å². The van der Waals surface area contributed by atoms with Crippen molar-refractivity contribution in [1.82, 2.24) is 0 Å². The van der Waals surface area contributed by atoms with Gasteiger partial charge in [-0.1, -0.05) is 95.6 Å². The number of hydrogen-bond acceptors (Lipinski definition) is 0. The summed E-state index contributed by atoms with van der Waals surface area (Å²) in [4.78, 5) is 0. The molecule has 0 fully saturated rings. The normalized spacial score (nSPS) is 9.33. The predicted molar refractivity (Wildman–Crippen MR) is 97.2 cm³/mol. The van der Waals surface area contributed by atoms with Crippen LogP contribution in [0.15, 0.2) is 48.5 Å². The molecule has 0 bridgehead atoms. The van der Waals surface area contributed by atoms with Crippen LogP contribution in [0.4, 0.5) is 0 Å². The van der Waals surface area contributed by atoms with E-state index < -0.39 is 0 Å². The summed E-state index contributed by atoms with van der Waals surface area (Å²) in [5.41, 5.74) is 5.53. The fourth-order valence-corrected chi connectivity index (χ4v) is 2.08. The predicted octanol–water partition coefficient (Wildman–Crippen LogP) is 6.76. The van der Waals surface area contributed by atoms with Crippen LogP contribution in [0.25, 0.3) is 0 Å². The van der Waals surface area contributed by atoms with Gasteiger partial charge in [-0.3, -0.25) is 0 Å². The van der Waals surface area contributed by atoms with Crippen LogP contribution >= 0.6 is 0 Å². The molecule has 0 heteroatoms. The Bertz CT molecular complexity index is 478. The maximum absolute atomic E-state index is 2.26. The van der Waals surface area contributed by atoms with Crippen molar-refractivity contribution in [3.8, 4) is 0 Å². The number of aryl methyl sites for hydroxylation is 1. The minimum atomic E-state index is 0.614. The lowest BCUT2D eigenvalue weighted by atomic mass is 9.98. The van der Waals surface area contributed by atoms with Crippen molar-refractivity contribution < 1.29 is 0 Å². The van der Waals surface area contributed by atoms with E-state index in [0.717, 1.165) is 6.42 Å². The molecule has 0 saturated heterocycles. The fourth-order valence-electron chi connectivity index (χ4n) is 2.08. The molecule has 21 heavy (non-hydrogen) atoms. The Hall–Kier alpha value is -1.56. The van der Waals surface area contributed by atoms with Crippen molar-refractivity contribution in [3.63, 3.8) is 0 Å². The molecule has 2 aromatic rings. The van der Waals surface area contributed by atoms with Gasteiger partial charge in [0.15, 0.2) is 0 Å². The molecular formula is C21H32. The number of benzene rings is 2. The van der Waals surface area contributed by atoms with E-state index >= 15 is 0 Å². The summed E-state index contributed by atoms with van der Waals surface area (Å²) in [5.74, 6) is 0.614. The molecule has 0 spiro atoms. The van der Waals surface area contributed by atoms with Gasteiger partial charge in [-0.15, -0.1) is 0 Å². The Balaban J connectivity index is 0.000000921. The zero-order valence-corrected chi connectivity index (χ0v) is 14.9. The second-order valence-corrected chi connectivity index (χ2v) is 5.06. The molecule has 0 radical (unpaired) electrons. The molecule has 0 amide bonds. The summed E-state index contributed by atoms with van der Waals surface area (Å²) in [6, 6.07) is 17.7. The summed E-state index contributed by atoms with van der Waals surface area (Å²) in [6.07, 6.45) is 1.03. The first kappa shape index (κ1) is 19.4. The van der Waals surface area contributed by atoms with Gasteiger partial charge < -0.3 is 0 Å². The molecule has 0 aromatic heterocycles. The first-order chi connectivity index (χ1) is 10.1. The summed E-state index contributed by atoms with van der Waals surface area (Å²) in [5, 5.41) is 0. The van der Waals surface area contributed by atoms with Gasteiger partial charge in [-0.2, -0.15) is 0 Å². The minimum absolute atomic E-state index is 0.614. The summed E-state index contributed by atoms with van der Waals surface area (Å²) < 4.78 is 0. The van der Waals surface area contributed by atoms with Crippen LogP contribution in [0, 0.1) is 6.92 Å². The number of rotatable bonds is 3. The van der Waals surface area contributed by atoms with Gasteiger partial charge in [0.1, 0.15) is 0 Å². The first-order valence-electron chi connectivity index (χ1n) is 8.29. The molecule has 116 valence electrons. The van der Waals surface area contributed by atoms with Crippen LogP contribution in [-0.4, -0.2) is 0 Å². The third-order valence-electron chi connectivity index (χ3n) is 3.14. The van der Waals surface area contributed by atoms with E-state index in [1.165, 1.54) is 22.3 Å². The smallest absolute Gasteiger partial charge is 0.00257 e. The Morgan fingerprint density at radius 2 is 1.33 bits per heavy atom. The molecule has 2 aromatic carbocycles. The highest BCUT2D eigenvalue weighted by molar-refractivity contribution is 5.31. The molecular weight excluding hydrogens is 252 g/mol. The molecule has 0 heterocycles. The molecule has 0 N–H and O–H groups in total. The molecule has 0 nitrogen and oxygen atoms in total. The van der Waals surface area contributed by atoms with E-state index in [9.17, 15) is 0 Å². The molecule has 0 aliphatic heterocycles. The third kappa shape index (κ3) is 7.13. The second-order valence-electron chi connectivity index (χ2n) is 5.06. The molecule has 0 aliphatic rings. The van der Waals surface area contributed by atoms with Crippen LogP contribution in [-0.2, 0) is 6.42 Å². The second kappa shape index (κ2) is 11.1. The van der Waals surface area contributed by atoms with Gasteiger partial charge in [0.05, 0.1) is 0 Å². The zero-order chi connectivity index (χ0) is 16.3. The Labute approximate surface area is 132 Å². The monoisotopic (exact) mass is 284 g/mol. The van der Waals surface area contributed by atoms with Crippen molar-refractivity contribution in [2.24, 2.45) is 0 Å². The highest BCUT2D eigenvalue weighted by atomic mass is 14.1. The molecule has 0 saturated carbocycles. The van der Waals surface area contributed by atoms with Gasteiger partial charge >= 0.3 is 0 Å². The van der Waals surface area contributed by atoms with Crippen molar-refractivity contribution in [3.05, 3.63) is 70.8 Å². The summed E-state index contributed by atoms with van der Waals surface area (Å²) >= 11 is 0. The van der Waals surface area contributed by atoms with E-state index in [2.05, 4.69) is 69.3 Å². The Kier molecular flexibility index (Phi) is 10.3. The standard InChI is InChI=1S/C17H20.2C2H6/c1-13(2)17-9-7-15(8-10-17)12-16-6-4-5-14(3)11-16;2*1-2/h4-11,13H,12H2,1-3H3;2*1-2H3. The summed E-state index contributed by atoms with van der Waals surface area (Å²) in [6.45, 7) is 14.6. The van der Waals surface area contributed by atoms with Crippen LogP contribution < -0.4 is 0 Å². The molecule has 0 atom stereocenters. The van der Waals surface area contributed by atoms with Crippen LogP contribution in [0.3, 0.4) is 0 Å². The van der Waals surface area contributed by atoms with Crippen LogP contribution in [0.5, 0.6) is 0 Å². The maximum atomic E-state index is 2.26. The number of hydrogen-bond donors (Lipinski definition) is 0. The maximum Gasteiger partial charge on any atom is -0.00257 e. The van der Waals surface area contributed by atoms with E-state index in [0.29, 0.717) is 5.92 Å². The fraction of sp³-hybridized carbons (Fsp3) is 0.429. The van der Waals surface area contributed by atoms with Gasteiger partial charge in [0.25, 0.3) is 0 Å². The summed E-state index contributed by atoms with van der Waals surface area (Å²) in [7, 11) is 0. The average molecular weight is 284 g/mol. The van der Waals surface area contributed by atoms with E-state index in [1.807, 2.05) is 27.7 Å². The topological polar surface area (TPSA) is 0 Å². The van der Waals surface area contributed by atoms with Crippen molar-refractivity contribution in [2.75, 3.05) is 0 Å². The lowest BCUT2D eigenvalue weighted by Crippen LogP contribution is -1.91. The molecule has 2 rings (SSSR count). The Morgan fingerprint density at radius 3 is 1.81 bits per heavy atom. The van der Waals surface area contributed by atoms with Gasteiger partial charge in [-0.25, -0.2) is 0 Å².